The zero-order valence-electron chi connectivity index (χ0n) is 23.7. The second kappa shape index (κ2) is 13.2. The third-order valence-electron chi connectivity index (χ3n) is 7.26. The molecule has 3 aromatic carbocycles. The number of halogens is 1. The molecule has 1 aliphatic rings. The number of fused-ring (bicyclic) bond motifs is 1. The largest absolute Gasteiger partial charge is 0.459 e. The molecule has 0 radical (unpaired) electrons. The highest BCUT2D eigenvalue weighted by Crippen LogP contribution is 2.35. The number of carbonyl (C=O) groups is 3. The molecule has 0 bridgehead atoms. The topological polar surface area (TPSA) is 163 Å². The molecular formula is C33H23BrN4O8. The van der Waals surface area contributed by atoms with Crippen LogP contribution in [0.1, 0.15) is 42.9 Å². The Morgan fingerprint density at radius 1 is 0.848 bits per heavy atom. The molecule has 3 heterocycles. The van der Waals surface area contributed by atoms with E-state index in [0.29, 0.717) is 0 Å². The maximum atomic E-state index is 13.8. The highest BCUT2D eigenvalue weighted by molar-refractivity contribution is 9.10. The standard InChI is InChI=1S/C33H23BrN4O8/c34-27-22(16-35)24-28(37-27)36-18-38(29(24)39)30-26(46-33(42)21-14-8-3-9-15-21)25(45-32(41)20-12-6-2-7-13-20)23(44-30)17-43-31(40)19-10-4-1-5-11-19/h1-15,18,23,25-26,30,37H,17H2/t23-,25-,26-,30-/m1/s1. The van der Waals surface area contributed by atoms with E-state index < -0.39 is 54.6 Å². The molecular weight excluding hydrogens is 660 g/mol. The van der Waals surface area contributed by atoms with E-state index in [1.54, 1.807) is 78.9 Å². The molecule has 0 spiro atoms. The molecule has 0 amide bonds. The Labute approximate surface area is 269 Å². The van der Waals surface area contributed by atoms with Crippen molar-refractivity contribution in [3.8, 4) is 6.07 Å². The van der Waals surface area contributed by atoms with Crippen LogP contribution in [-0.4, -0.2) is 57.4 Å². The lowest BCUT2D eigenvalue weighted by Crippen LogP contribution is -2.42. The van der Waals surface area contributed by atoms with Crippen molar-refractivity contribution < 1.29 is 33.3 Å². The number of aromatic nitrogens is 3. The van der Waals surface area contributed by atoms with Gasteiger partial charge in [-0.05, 0) is 52.3 Å². The second-order valence-corrected chi connectivity index (χ2v) is 10.9. The summed E-state index contributed by atoms with van der Waals surface area (Å²) in [6.07, 6.45) is -4.23. The molecule has 1 N–H and O–H groups in total. The number of rotatable bonds is 8. The van der Waals surface area contributed by atoms with Gasteiger partial charge in [-0.3, -0.25) is 9.36 Å². The molecule has 1 aliphatic heterocycles. The minimum atomic E-state index is -1.43. The maximum Gasteiger partial charge on any atom is 0.338 e. The van der Waals surface area contributed by atoms with Gasteiger partial charge in [0.2, 0.25) is 0 Å². The number of carbonyl (C=O) groups excluding carboxylic acids is 3. The van der Waals surface area contributed by atoms with Gasteiger partial charge in [0.15, 0.2) is 18.4 Å². The van der Waals surface area contributed by atoms with Crippen LogP contribution in [0.15, 0.2) is 107 Å². The van der Waals surface area contributed by atoms with Crippen LogP contribution in [0.3, 0.4) is 0 Å². The molecule has 0 aliphatic carbocycles. The molecule has 230 valence electrons. The van der Waals surface area contributed by atoms with Crippen LogP contribution in [0.5, 0.6) is 0 Å². The fraction of sp³-hybridized carbons (Fsp3) is 0.152. The SMILES string of the molecule is N#Cc1c(Br)[nH]c2ncn([C@@H]3O[C@H](COC(=O)c4ccccc4)[C@@H](OC(=O)c4ccccc4)[C@H]3OC(=O)c3ccccc3)c(=O)c12. The van der Waals surface area contributed by atoms with Gasteiger partial charge in [0.05, 0.1) is 22.3 Å². The van der Waals surface area contributed by atoms with Crippen LogP contribution in [0.25, 0.3) is 11.0 Å². The van der Waals surface area contributed by atoms with E-state index in [1.807, 2.05) is 6.07 Å². The van der Waals surface area contributed by atoms with Gasteiger partial charge in [-0.25, -0.2) is 19.4 Å². The molecule has 1 fully saturated rings. The molecule has 0 unspecified atom stereocenters. The molecule has 6 rings (SSSR count). The van der Waals surface area contributed by atoms with Gasteiger partial charge in [0, 0.05) is 0 Å². The molecule has 1 saturated heterocycles. The van der Waals surface area contributed by atoms with Crippen LogP contribution in [0, 0.1) is 11.3 Å². The summed E-state index contributed by atoms with van der Waals surface area (Å²) < 4.78 is 24.9. The first-order chi connectivity index (χ1) is 22.4. The lowest BCUT2D eigenvalue weighted by Gasteiger charge is -2.25. The number of esters is 3. The molecule has 0 saturated carbocycles. The molecule has 2 aromatic heterocycles. The Morgan fingerprint density at radius 2 is 1.37 bits per heavy atom. The molecule has 13 heteroatoms. The molecule has 12 nitrogen and oxygen atoms in total. The number of hydrogen-bond acceptors (Lipinski definition) is 10. The van der Waals surface area contributed by atoms with E-state index in [0.717, 1.165) is 10.9 Å². The molecule has 5 aromatic rings. The summed E-state index contributed by atoms with van der Waals surface area (Å²) in [6, 6.07) is 26.4. The van der Waals surface area contributed by atoms with Crippen molar-refractivity contribution in [2.24, 2.45) is 0 Å². The van der Waals surface area contributed by atoms with Gasteiger partial charge in [0.1, 0.15) is 40.7 Å². The van der Waals surface area contributed by atoms with Gasteiger partial charge in [0.25, 0.3) is 5.56 Å². The maximum absolute atomic E-state index is 13.8. The third kappa shape index (κ3) is 6.03. The van der Waals surface area contributed by atoms with Crippen molar-refractivity contribution in [3.05, 3.63) is 135 Å². The number of hydrogen-bond donors (Lipinski definition) is 1. The number of ether oxygens (including phenoxy) is 4. The fourth-order valence-electron chi connectivity index (χ4n) is 5.03. The summed E-state index contributed by atoms with van der Waals surface area (Å²) in [7, 11) is 0. The Morgan fingerprint density at radius 3 is 1.91 bits per heavy atom. The summed E-state index contributed by atoms with van der Waals surface area (Å²) in [5.74, 6) is -2.22. The first-order valence-corrected chi connectivity index (χ1v) is 14.7. The highest BCUT2D eigenvalue weighted by Gasteiger charge is 2.52. The minimum absolute atomic E-state index is 0.0121. The minimum Gasteiger partial charge on any atom is -0.459 e. The van der Waals surface area contributed by atoms with E-state index >= 15 is 0 Å². The summed E-state index contributed by atoms with van der Waals surface area (Å²) in [6.45, 7) is -0.431. The van der Waals surface area contributed by atoms with Crippen LogP contribution in [0.4, 0.5) is 0 Å². The van der Waals surface area contributed by atoms with Crippen molar-refractivity contribution in [3.63, 3.8) is 0 Å². The van der Waals surface area contributed by atoms with E-state index in [2.05, 4.69) is 25.9 Å². The smallest absolute Gasteiger partial charge is 0.338 e. The third-order valence-corrected chi connectivity index (χ3v) is 7.85. The number of benzene rings is 3. The zero-order valence-corrected chi connectivity index (χ0v) is 25.3. The average molecular weight is 683 g/mol. The van der Waals surface area contributed by atoms with E-state index in [-0.39, 0.29) is 37.9 Å². The predicted molar refractivity (Wildman–Crippen MR) is 165 cm³/mol. The van der Waals surface area contributed by atoms with Gasteiger partial charge in [-0.1, -0.05) is 54.6 Å². The summed E-state index contributed by atoms with van der Waals surface area (Å²) in [5.41, 5.74) is 0.129. The van der Waals surface area contributed by atoms with Crippen molar-refractivity contribution in [2.75, 3.05) is 6.61 Å². The van der Waals surface area contributed by atoms with Gasteiger partial charge in [-0.15, -0.1) is 0 Å². The Hall–Kier alpha value is -5.58. The normalized spacial score (nSPS) is 18.9. The highest BCUT2D eigenvalue weighted by atomic mass is 79.9. The number of nitriles is 1. The zero-order chi connectivity index (χ0) is 32.2. The number of aromatic amines is 1. The van der Waals surface area contributed by atoms with Gasteiger partial charge >= 0.3 is 17.9 Å². The van der Waals surface area contributed by atoms with E-state index in [1.165, 1.54) is 12.1 Å². The van der Waals surface area contributed by atoms with Crippen LogP contribution >= 0.6 is 15.9 Å². The summed E-state index contributed by atoms with van der Waals surface area (Å²) in [5, 5.41) is 9.67. The van der Waals surface area contributed by atoms with E-state index in [4.69, 9.17) is 18.9 Å². The second-order valence-electron chi connectivity index (χ2n) is 10.1. The fourth-order valence-corrected chi connectivity index (χ4v) is 5.51. The summed E-state index contributed by atoms with van der Waals surface area (Å²) in [4.78, 5) is 60.5. The van der Waals surface area contributed by atoms with Crippen molar-refractivity contribution in [1.29, 1.82) is 5.26 Å². The average Bonchev–Trinajstić information content (AvgIpc) is 3.60. The van der Waals surface area contributed by atoms with Crippen LogP contribution < -0.4 is 5.56 Å². The monoisotopic (exact) mass is 682 g/mol. The quantitative estimate of drug-likeness (QED) is 0.181. The molecule has 4 atom stereocenters. The molecule has 46 heavy (non-hydrogen) atoms. The number of nitrogens with zero attached hydrogens (tertiary/aromatic N) is 3. The van der Waals surface area contributed by atoms with Gasteiger partial charge < -0.3 is 23.9 Å². The van der Waals surface area contributed by atoms with Crippen molar-refractivity contribution >= 4 is 44.9 Å². The van der Waals surface area contributed by atoms with E-state index in [9.17, 15) is 24.4 Å². The lowest BCUT2D eigenvalue weighted by atomic mass is 10.1. The lowest BCUT2D eigenvalue weighted by molar-refractivity contribution is -0.0636. The Kier molecular flexibility index (Phi) is 8.73. The predicted octanol–water partition coefficient (Wildman–Crippen LogP) is 4.56. The van der Waals surface area contributed by atoms with Gasteiger partial charge in [-0.2, -0.15) is 5.26 Å². The number of nitrogens with one attached hydrogen (secondary N) is 1. The first kappa shape index (κ1) is 30.4. The number of H-pyrrole nitrogens is 1. The first-order valence-electron chi connectivity index (χ1n) is 13.9. The van der Waals surface area contributed by atoms with Crippen molar-refractivity contribution in [1.82, 2.24) is 14.5 Å². The Balaban J connectivity index is 1.41. The van der Waals surface area contributed by atoms with Crippen molar-refractivity contribution in [2.45, 2.75) is 24.5 Å². The Bertz CT molecular complexity index is 2010. The van der Waals surface area contributed by atoms with Crippen LogP contribution in [-0.2, 0) is 18.9 Å². The van der Waals surface area contributed by atoms with Crippen LogP contribution in [0.2, 0.25) is 0 Å². The summed E-state index contributed by atoms with van der Waals surface area (Å²) >= 11 is 3.23.